The van der Waals surface area contributed by atoms with E-state index in [-0.39, 0.29) is 11.9 Å². The molecule has 4 heteroatoms. The first kappa shape index (κ1) is 14.4. The van der Waals surface area contributed by atoms with Crippen LogP contribution in [0.4, 0.5) is 0 Å². The van der Waals surface area contributed by atoms with E-state index in [1.54, 1.807) is 0 Å². The summed E-state index contributed by atoms with van der Waals surface area (Å²) >= 11 is 3.64. The Bertz CT molecular complexity index is 396. The standard InChI is InChI=1S/C15H20BrNO2/c16-13-8-4-5-9-14(13)17-15(18)10-11-19-12-6-2-1-3-7-12/h1-3,6-7,13-14H,4-5,8-11H2,(H,17,18). The van der Waals surface area contributed by atoms with Crippen LogP contribution in [-0.2, 0) is 4.79 Å². The molecule has 0 aliphatic heterocycles. The van der Waals surface area contributed by atoms with Crippen LogP contribution >= 0.6 is 15.9 Å². The average molecular weight is 326 g/mol. The molecule has 0 radical (unpaired) electrons. The number of carbonyl (C=O) groups excluding carboxylic acids is 1. The molecule has 3 nitrogen and oxygen atoms in total. The Kier molecular flexibility index (Phi) is 5.70. The lowest BCUT2D eigenvalue weighted by atomic mass is 9.95. The van der Waals surface area contributed by atoms with Gasteiger partial charge in [-0.25, -0.2) is 0 Å². The van der Waals surface area contributed by atoms with Gasteiger partial charge in [0.1, 0.15) is 5.75 Å². The van der Waals surface area contributed by atoms with Gasteiger partial charge in [-0.2, -0.15) is 0 Å². The van der Waals surface area contributed by atoms with Crippen molar-refractivity contribution < 1.29 is 9.53 Å². The Balaban J connectivity index is 1.67. The van der Waals surface area contributed by atoms with Gasteiger partial charge in [-0.1, -0.05) is 47.0 Å². The Morgan fingerprint density at radius 2 is 2.00 bits per heavy atom. The topological polar surface area (TPSA) is 38.3 Å². The monoisotopic (exact) mass is 325 g/mol. The number of ether oxygens (including phenoxy) is 1. The molecule has 1 amide bonds. The van der Waals surface area contributed by atoms with Gasteiger partial charge >= 0.3 is 0 Å². The van der Waals surface area contributed by atoms with Gasteiger partial charge in [0.15, 0.2) is 0 Å². The number of benzene rings is 1. The molecule has 0 spiro atoms. The highest BCUT2D eigenvalue weighted by Crippen LogP contribution is 2.24. The van der Waals surface area contributed by atoms with Crippen LogP contribution in [0.5, 0.6) is 5.75 Å². The van der Waals surface area contributed by atoms with E-state index in [0.717, 1.165) is 18.6 Å². The molecule has 1 aliphatic carbocycles. The maximum absolute atomic E-state index is 11.8. The average Bonchev–Trinajstić information content (AvgIpc) is 2.43. The minimum absolute atomic E-state index is 0.0762. The third kappa shape index (κ3) is 4.86. The predicted molar refractivity (Wildman–Crippen MR) is 79.7 cm³/mol. The molecule has 1 aromatic carbocycles. The van der Waals surface area contributed by atoms with Crippen molar-refractivity contribution in [3.63, 3.8) is 0 Å². The normalized spacial score (nSPS) is 22.8. The lowest BCUT2D eigenvalue weighted by Crippen LogP contribution is -2.42. The van der Waals surface area contributed by atoms with E-state index < -0.39 is 0 Å². The first-order valence-electron chi connectivity index (χ1n) is 6.87. The summed E-state index contributed by atoms with van der Waals surface area (Å²) < 4.78 is 5.52. The molecule has 1 aromatic rings. The fourth-order valence-electron chi connectivity index (χ4n) is 2.31. The minimum Gasteiger partial charge on any atom is -0.493 e. The maximum Gasteiger partial charge on any atom is 0.223 e. The zero-order valence-electron chi connectivity index (χ0n) is 11.0. The highest BCUT2D eigenvalue weighted by Gasteiger charge is 2.23. The second kappa shape index (κ2) is 7.53. The molecular formula is C15H20BrNO2. The Labute approximate surface area is 122 Å². The fourth-order valence-corrected chi connectivity index (χ4v) is 3.03. The molecule has 1 saturated carbocycles. The molecule has 19 heavy (non-hydrogen) atoms. The summed E-state index contributed by atoms with van der Waals surface area (Å²) in [6.45, 7) is 0.426. The van der Waals surface area contributed by atoms with Gasteiger partial charge in [-0.15, -0.1) is 0 Å². The summed E-state index contributed by atoms with van der Waals surface area (Å²) in [5.41, 5.74) is 0. The summed E-state index contributed by atoms with van der Waals surface area (Å²) in [7, 11) is 0. The highest BCUT2D eigenvalue weighted by atomic mass is 79.9. The lowest BCUT2D eigenvalue weighted by molar-refractivity contribution is -0.122. The third-order valence-corrected chi connectivity index (χ3v) is 4.47. The quantitative estimate of drug-likeness (QED) is 0.844. The third-order valence-electron chi connectivity index (χ3n) is 3.37. The molecule has 2 rings (SSSR count). The molecule has 104 valence electrons. The van der Waals surface area contributed by atoms with E-state index >= 15 is 0 Å². The van der Waals surface area contributed by atoms with Crippen LogP contribution in [0.25, 0.3) is 0 Å². The number of amides is 1. The van der Waals surface area contributed by atoms with Crippen molar-refractivity contribution in [1.82, 2.24) is 5.32 Å². The van der Waals surface area contributed by atoms with E-state index in [9.17, 15) is 4.79 Å². The smallest absolute Gasteiger partial charge is 0.223 e. The van der Waals surface area contributed by atoms with Gasteiger partial charge in [0, 0.05) is 10.9 Å². The fraction of sp³-hybridized carbons (Fsp3) is 0.533. The number of hydrogen-bond donors (Lipinski definition) is 1. The second-order valence-electron chi connectivity index (χ2n) is 4.89. The number of rotatable bonds is 5. The molecule has 1 N–H and O–H groups in total. The summed E-state index contributed by atoms with van der Waals surface area (Å²) in [4.78, 5) is 12.3. The first-order chi connectivity index (χ1) is 9.25. The Hall–Kier alpha value is -1.03. The van der Waals surface area contributed by atoms with E-state index in [0.29, 0.717) is 17.9 Å². The van der Waals surface area contributed by atoms with Crippen molar-refractivity contribution in [3.8, 4) is 5.75 Å². The van der Waals surface area contributed by atoms with Gasteiger partial charge in [0.2, 0.25) is 5.91 Å². The van der Waals surface area contributed by atoms with Crippen molar-refractivity contribution in [1.29, 1.82) is 0 Å². The minimum atomic E-state index is 0.0762. The predicted octanol–water partition coefficient (Wildman–Crippen LogP) is 3.28. The van der Waals surface area contributed by atoms with Crippen molar-refractivity contribution in [3.05, 3.63) is 30.3 Å². The molecule has 1 aliphatic rings. The largest absolute Gasteiger partial charge is 0.493 e. The van der Waals surface area contributed by atoms with Crippen LogP contribution < -0.4 is 10.1 Å². The van der Waals surface area contributed by atoms with Gasteiger partial charge < -0.3 is 10.1 Å². The second-order valence-corrected chi connectivity index (χ2v) is 6.06. The van der Waals surface area contributed by atoms with Crippen LogP contribution in [0.3, 0.4) is 0 Å². The van der Waals surface area contributed by atoms with Crippen molar-refractivity contribution in [2.75, 3.05) is 6.61 Å². The van der Waals surface area contributed by atoms with Crippen LogP contribution in [-0.4, -0.2) is 23.4 Å². The number of para-hydroxylation sites is 1. The van der Waals surface area contributed by atoms with Gasteiger partial charge in [0.05, 0.1) is 13.0 Å². The molecule has 1 fully saturated rings. The van der Waals surface area contributed by atoms with E-state index in [1.165, 1.54) is 12.8 Å². The lowest BCUT2D eigenvalue weighted by Gasteiger charge is -2.28. The molecule has 2 unspecified atom stereocenters. The van der Waals surface area contributed by atoms with Crippen molar-refractivity contribution in [2.45, 2.75) is 43.0 Å². The Morgan fingerprint density at radius 3 is 2.74 bits per heavy atom. The van der Waals surface area contributed by atoms with Gasteiger partial charge in [-0.05, 0) is 25.0 Å². The SMILES string of the molecule is O=C(CCOc1ccccc1)NC1CCCCC1Br. The molecule has 0 saturated heterocycles. The number of carbonyl (C=O) groups is 1. The van der Waals surface area contributed by atoms with Crippen molar-refractivity contribution in [2.24, 2.45) is 0 Å². The molecule has 2 atom stereocenters. The summed E-state index contributed by atoms with van der Waals surface area (Å²) in [5, 5.41) is 3.09. The maximum atomic E-state index is 11.8. The van der Waals surface area contributed by atoms with E-state index in [2.05, 4.69) is 21.2 Å². The highest BCUT2D eigenvalue weighted by molar-refractivity contribution is 9.09. The zero-order chi connectivity index (χ0) is 13.5. The van der Waals surface area contributed by atoms with Gasteiger partial charge in [-0.3, -0.25) is 4.79 Å². The number of alkyl halides is 1. The summed E-state index contributed by atoms with van der Waals surface area (Å²) in [5.74, 6) is 0.888. The summed E-state index contributed by atoms with van der Waals surface area (Å²) in [6, 6.07) is 9.86. The zero-order valence-corrected chi connectivity index (χ0v) is 12.6. The first-order valence-corrected chi connectivity index (χ1v) is 7.78. The molecular weight excluding hydrogens is 306 g/mol. The molecule has 0 heterocycles. The molecule has 0 bridgehead atoms. The van der Waals surface area contributed by atoms with Crippen LogP contribution in [0, 0.1) is 0 Å². The van der Waals surface area contributed by atoms with Crippen LogP contribution in [0.15, 0.2) is 30.3 Å². The van der Waals surface area contributed by atoms with E-state index in [4.69, 9.17) is 4.74 Å². The number of hydrogen-bond acceptors (Lipinski definition) is 2. The van der Waals surface area contributed by atoms with E-state index in [1.807, 2.05) is 30.3 Å². The van der Waals surface area contributed by atoms with Crippen LogP contribution in [0.1, 0.15) is 32.1 Å². The summed E-state index contributed by atoms with van der Waals surface area (Å²) in [6.07, 6.45) is 5.07. The van der Waals surface area contributed by atoms with Gasteiger partial charge in [0.25, 0.3) is 0 Å². The van der Waals surface area contributed by atoms with Crippen molar-refractivity contribution >= 4 is 21.8 Å². The number of halogens is 1. The van der Waals surface area contributed by atoms with Crippen LogP contribution in [0.2, 0.25) is 0 Å². The number of nitrogens with one attached hydrogen (secondary N) is 1. The molecule has 0 aromatic heterocycles. The Morgan fingerprint density at radius 1 is 1.26 bits per heavy atom.